The number of nitrogens with one attached hydrogen (secondary N) is 2. The number of rotatable bonds is 9. The van der Waals surface area contributed by atoms with E-state index in [0.717, 1.165) is 0 Å². The summed E-state index contributed by atoms with van der Waals surface area (Å²) >= 11 is 0. The maximum absolute atomic E-state index is 12.8. The average molecular weight is 388 g/mol. The summed E-state index contributed by atoms with van der Waals surface area (Å²) in [6, 6.07) is 12.2. The number of hydrogen-bond donors (Lipinski definition) is 2. The lowest BCUT2D eigenvalue weighted by molar-refractivity contribution is -0.147. The number of anilines is 2. The highest BCUT2D eigenvalue weighted by molar-refractivity contribution is 5.94. The number of carbonyl (C=O) groups is 3. The fourth-order valence-electron chi connectivity index (χ4n) is 2.30. The molecule has 0 heterocycles. The smallest absolute Gasteiger partial charge is 0.306 e. The summed E-state index contributed by atoms with van der Waals surface area (Å²) in [5.74, 6) is -1.27. The van der Waals surface area contributed by atoms with Gasteiger partial charge in [0.25, 0.3) is 5.91 Å². The molecule has 2 N–H and O–H groups in total. The lowest BCUT2D eigenvalue weighted by Gasteiger charge is -2.10. The highest BCUT2D eigenvalue weighted by Gasteiger charge is 2.11. The minimum absolute atomic E-state index is 0.00121. The van der Waals surface area contributed by atoms with Crippen LogP contribution in [0.5, 0.6) is 5.75 Å². The molecule has 28 heavy (non-hydrogen) atoms. The molecule has 0 saturated carbocycles. The summed E-state index contributed by atoms with van der Waals surface area (Å²) in [6.07, 6.45) is 0.360. The van der Waals surface area contributed by atoms with E-state index in [9.17, 15) is 18.8 Å². The minimum atomic E-state index is -0.579. The van der Waals surface area contributed by atoms with E-state index in [1.807, 2.05) is 0 Å². The summed E-state index contributed by atoms with van der Waals surface area (Å²) in [5.41, 5.74) is 0.950. The van der Waals surface area contributed by atoms with Crippen LogP contribution < -0.4 is 15.4 Å². The van der Waals surface area contributed by atoms with Crippen LogP contribution in [0.3, 0.4) is 0 Å². The maximum Gasteiger partial charge on any atom is 0.306 e. The number of ether oxygens (including phenoxy) is 2. The Hall–Kier alpha value is -3.42. The van der Waals surface area contributed by atoms with Gasteiger partial charge in [0.2, 0.25) is 5.91 Å². The first-order valence-corrected chi connectivity index (χ1v) is 8.62. The zero-order valence-corrected chi connectivity index (χ0v) is 15.4. The van der Waals surface area contributed by atoms with Gasteiger partial charge in [-0.25, -0.2) is 4.39 Å². The van der Waals surface area contributed by atoms with E-state index in [1.165, 1.54) is 31.4 Å². The molecule has 148 valence electrons. The normalized spacial score (nSPS) is 10.1. The van der Waals surface area contributed by atoms with E-state index in [0.29, 0.717) is 17.1 Å². The molecule has 0 spiro atoms. The minimum Gasteiger partial charge on any atom is -0.495 e. The molecule has 2 amide bonds. The predicted octanol–water partition coefficient (Wildman–Crippen LogP) is 3.13. The molecule has 0 aliphatic heterocycles. The third-order valence-corrected chi connectivity index (χ3v) is 3.66. The van der Waals surface area contributed by atoms with Crippen LogP contribution in [0.1, 0.15) is 19.3 Å². The Labute approximate surface area is 161 Å². The highest BCUT2D eigenvalue weighted by Crippen LogP contribution is 2.22. The second-order valence-corrected chi connectivity index (χ2v) is 5.82. The zero-order valence-electron chi connectivity index (χ0n) is 15.4. The molecule has 8 heteroatoms. The Kier molecular flexibility index (Phi) is 7.95. The van der Waals surface area contributed by atoms with Crippen LogP contribution in [-0.4, -0.2) is 31.5 Å². The number of esters is 1. The van der Waals surface area contributed by atoms with Crippen molar-refractivity contribution in [1.82, 2.24) is 0 Å². The van der Waals surface area contributed by atoms with Crippen LogP contribution in [0, 0.1) is 5.82 Å². The fourth-order valence-corrected chi connectivity index (χ4v) is 2.30. The first-order valence-electron chi connectivity index (χ1n) is 8.62. The third-order valence-electron chi connectivity index (χ3n) is 3.66. The van der Waals surface area contributed by atoms with Gasteiger partial charge in [0, 0.05) is 18.5 Å². The average Bonchev–Trinajstić information content (AvgIpc) is 2.68. The number of methoxy groups -OCH3 is 1. The number of amides is 2. The summed E-state index contributed by atoms with van der Waals surface area (Å²) in [4.78, 5) is 35.3. The van der Waals surface area contributed by atoms with E-state index < -0.39 is 24.3 Å². The highest BCUT2D eigenvalue weighted by atomic mass is 19.1. The Balaban J connectivity index is 1.64. The van der Waals surface area contributed by atoms with Crippen molar-refractivity contribution in [3.63, 3.8) is 0 Å². The van der Waals surface area contributed by atoms with Crippen molar-refractivity contribution in [2.24, 2.45) is 0 Å². The zero-order chi connectivity index (χ0) is 20.4. The standard InChI is InChI=1S/C20H21FN2O5/c1-27-17-6-3-2-5-16(17)23-19(25)13-28-20(26)8-4-7-18(24)22-15-11-9-14(21)10-12-15/h2-3,5-6,9-12H,4,7-8,13H2,1H3,(H,22,24)(H,23,25). The second kappa shape index (κ2) is 10.7. The van der Waals surface area contributed by atoms with E-state index in [2.05, 4.69) is 10.6 Å². The molecule has 0 unspecified atom stereocenters. The molecule has 7 nitrogen and oxygen atoms in total. The van der Waals surface area contributed by atoms with Gasteiger partial charge in [-0.15, -0.1) is 0 Å². The molecule has 2 aromatic carbocycles. The van der Waals surface area contributed by atoms with Gasteiger partial charge in [-0.05, 0) is 42.8 Å². The number of benzene rings is 2. The summed E-state index contributed by atoms with van der Waals surface area (Å²) < 4.78 is 22.8. The number of halogens is 1. The molecule has 0 aliphatic carbocycles. The van der Waals surface area contributed by atoms with Crippen LogP contribution in [0.25, 0.3) is 0 Å². The lowest BCUT2D eigenvalue weighted by atomic mass is 10.2. The van der Waals surface area contributed by atoms with Gasteiger partial charge in [0.05, 0.1) is 12.8 Å². The molecular weight excluding hydrogens is 367 g/mol. The molecule has 0 aromatic heterocycles. The molecule has 0 bridgehead atoms. The van der Waals surface area contributed by atoms with Gasteiger partial charge < -0.3 is 20.1 Å². The molecule has 0 atom stereocenters. The van der Waals surface area contributed by atoms with E-state index >= 15 is 0 Å². The monoisotopic (exact) mass is 388 g/mol. The predicted molar refractivity (Wildman–Crippen MR) is 101 cm³/mol. The largest absolute Gasteiger partial charge is 0.495 e. The maximum atomic E-state index is 12.8. The molecule has 0 saturated heterocycles. The van der Waals surface area contributed by atoms with Gasteiger partial charge >= 0.3 is 5.97 Å². The van der Waals surface area contributed by atoms with E-state index in [-0.39, 0.29) is 25.2 Å². The molecule has 2 aromatic rings. The van der Waals surface area contributed by atoms with E-state index in [4.69, 9.17) is 9.47 Å². The van der Waals surface area contributed by atoms with Crippen LogP contribution >= 0.6 is 0 Å². The summed E-state index contributed by atoms with van der Waals surface area (Å²) in [6.45, 7) is -0.432. The molecular formula is C20H21FN2O5. The Bertz CT molecular complexity index is 824. The Morgan fingerprint density at radius 2 is 1.64 bits per heavy atom. The molecule has 2 rings (SSSR count). The number of carbonyl (C=O) groups excluding carboxylic acids is 3. The van der Waals surface area contributed by atoms with Crippen molar-refractivity contribution in [1.29, 1.82) is 0 Å². The van der Waals surface area contributed by atoms with Gasteiger partial charge in [-0.1, -0.05) is 12.1 Å². The quantitative estimate of drug-likeness (QED) is 0.644. The first-order chi connectivity index (χ1) is 13.5. The number of hydrogen-bond acceptors (Lipinski definition) is 5. The van der Waals surface area contributed by atoms with Gasteiger partial charge in [0.1, 0.15) is 11.6 Å². The van der Waals surface area contributed by atoms with Crippen molar-refractivity contribution in [3.05, 3.63) is 54.3 Å². The molecule has 0 aliphatic rings. The van der Waals surface area contributed by atoms with Gasteiger partial charge in [-0.3, -0.25) is 14.4 Å². The van der Waals surface area contributed by atoms with Crippen molar-refractivity contribution in [3.8, 4) is 5.75 Å². The Morgan fingerprint density at radius 3 is 2.36 bits per heavy atom. The van der Waals surface area contributed by atoms with E-state index in [1.54, 1.807) is 24.3 Å². The van der Waals surface area contributed by atoms with Crippen LogP contribution in [-0.2, 0) is 19.1 Å². The van der Waals surface area contributed by atoms with Gasteiger partial charge in [-0.2, -0.15) is 0 Å². The third kappa shape index (κ3) is 7.06. The SMILES string of the molecule is COc1ccccc1NC(=O)COC(=O)CCCC(=O)Nc1ccc(F)cc1. The summed E-state index contributed by atoms with van der Waals surface area (Å²) in [5, 5.41) is 5.19. The number of para-hydroxylation sites is 2. The Morgan fingerprint density at radius 1 is 0.929 bits per heavy atom. The first kappa shape index (κ1) is 20.9. The van der Waals surface area contributed by atoms with Crippen LogP contribution in [0.4, 0.5) is 15.8 Å². The van der Waals surface area contributed by atoms with Crippen LogP contribution in [0.15, 0.2) is 48.5 Å². The second-order valence-electron chi connectivity index (χ2n) is 5.82. The van der Waals surface area contributed by atoms with Crippen molar-refractivity contribution < 1.29 is 28.2 Å². The molecule has 0 fully saturated rings. The van der Waals surface area contributed by atoms with Crippen LogP contribution in [0.2, 0.25) is 0 Å². The topological polar surface area (TPSA) is 93.7 Å². The van der Waals surface area contributed by atoms with Crippen molar-refractivity contribution in [2.75, 3.05) is 24.4 Å². The van der Waals surface area contributed by atoms with Crippen molar-refractivity contribution in [2.45, 2.75) is 19.3 Å². The lowest BCUT2D eigenvalue weighted by Crippen LogP contribution is -2.21. The van der Waals surface area contributed by atoms with Gasteiger partial charge in [0.15, 0.2) is 6.61 Å². The summed E-state index contributed by atoms with van der Waals surface area (Å²) in [7, 11) is 1.48. The fraction of sp³-hybridized carbons (Fsp3) is 0.250. The molecule has 0 radical (unpaired) electrons. The van der Waals surface area contributed by atoms with Crippen molar-refractivity contribution >= 4 is 29.2 Å².